The zero-order chi connectivity index (χ0) is 17.6. The average Bonchev–Trinajstić information content (AvgIpc) is 2.49. The second kappa shape index (κ2) is 8.31. The van der Waals surface area contributed by atoms with Crippen molar-refractivity contribution in [3.8, 4) is 17.2 Å². The molecule has 0 aromatic heterocycles. The topological polar surface area (TPSA) is 78.9 Å². The molecule has 6 nitrogen and oxygen atoms in total. The number of carbonyl (C=O) groups excluding carboxylic acids is 3. The first-order chi connectivity index (χ1) is 10.7. The Hall–Kier alpha value is -2.37. The van der Waals surface area contributed by atoms with Crippen LogP contribution in [0.15, 0.2) is 18.2 Å². The molecule has 0 heterocycles. The van der Waals surface area contributed by atoms with Crippen molar-refractivity contribution in [1.29, 1.82) is 0 Å². The zero-order valence-electron chi connectivity index (χ0n) is 14.0. The molecule has 0 bridgehead atoms. The first-order valence-electron chi connectivity index (χ1n) is 7.52. The fourth-order valence-corrected chi connectivity index (χ4v) is 1.37. The first kappa shape index (κ1) is 18.7. The highest BCUT2D eigenvalue weighted by Crippen LogP contribution is 2.33. The van der Waals surface area contributed by atoms with Crippen molar-refractivity contribution in [3.63, 3.8) is 0 Å². The van der Waals surface area contributed by atoms with Gasteiger partial charge in [-0.25, -0.2) is 0 Å². The van der Waals surface area contributed by atoms with E-state index < -0.39 is 17.9 Å². The van der Waals surface area contributed by atoms with Crippen LogP contribution in [0.4, 0.5) is 0 Å². The molecule has 23 heavy (non-hydrogen) atoms. The number of hydrogen-bond acceptors (Lipinski definition) is 6. The molecule has 0 spiro atoms. The zero-order valence-corrected chi connectivity index (χ0v) is 14.0. The Kier molecular flexibility index (Phi) is 6.75. The Bertz CT molecular complexity index is 589. The van der Waals surface area contributed by atoms with Gasteiger partial charge in [0, 0.05) is 12.5 Å². The Labute approximate surface area is 135 Å². The number of hydrogen-bond donors (Lipinski definition) is 0. The van der Waals surface area contributed by atoms with E-state index in [1.807, 2.05) is 0 Å². The van der Waals surface area contributed by atoms with Crippen LogP contribution in [0.2, 0.25) is 0 Å². The fraction of sp³-hybridized carbons (Fsp3) is 0.471. The number of benzene rings is 1. The molecule has 0 radical (unpaired) electrons. The van der Waals surface area contributed by atoms with Gasteiger partial charge in [0.15, 0.2) is 11.5 Å². The van der Waals surface area contributed by atoms with Gasteiger partial charge in [-0.1, -0.05) is 34.6 Å². The predicted molar refractivity (Wildman–Crippen MR) is 83.3 cm³/mol. The highest BCUT2D eigenvalue weighted by molar-refractivity contribution is 5.78. The number of carbonyl (C=O) groups is 3. The van der Waals surface area contributed by atoms with Gasteiger partial charge in [-0.05, 0) is 12.1 Å². The van der Waals surface area contributed by atoms with Crippen molar-refractivity contribution in [3.05, 3.63) is 18.2 Å². The summed E-state index contributed by atoms with van der Waals surface area (Å²) in [7, 11) is 0. The molecule has 0 atom stereocenters. The van der Waals surface area contributed by atoms with Crippen LogP contribution in [-0.4, -0.2) is 17.9 Å². The molecule has 0 saturated carbocycles. The minimum absolute atomic E-state index is 0.0408. The monoisotopic (exact) mass is 322 g/mol. The summed E-state index contributed by atoms with van der Waals surface area (Å²) in [6, 6.07) is 4.27. The summed E-state index contributed by atoms with van der Waals surface area (Å²) < 4.78 is 15.5. The van der Waals surface area contributed by atoms with Gasteiger partial charge in [0.25, 0.3) is 0 Å². The van der Waals surface area contributed by atoms with Crippen molar-refractivity contribution in [2.24, 2.45) is 11.8 Å². The SMILES string of the molecule is CCC(=O)Oc1ccc(OC(=O)C(C)C)c(OC(=O)C(C)C)c1. The van der Waals surface area contributed by atoms with Gasteiger partial charge in [-0.15, -0.1) is 0 Å². The molecule has 0 aliphatic carbocycles. The van der Waals surface area contributed by atoms with E-state index in [1.165, 1.54) is 18.2 Å². The summed E-state index contributed by atoms with van der Waals surface area (Å²) in [4.78, 5) is 34.9. The average molecular weight is 322 g/mol. The molecular weight excluding hydrogens is 300 g/mol. The molecule has 0 aliphatic heterocycles. The summed E-state index contributed by atoms with van der Waals surface area (Å²) in [5, 5.41) is 0. The van der Waals surface area contributed by atoms with Gasteiger partial charge in [-0.3, -0.25) is 14.4 Å². The van der Waals surface area contributed by atoms with Gasteiger partial charge < -0.3 is 14.2 Å². The molecule has 0 aliphatic rings. The van der Waals surface area contributed by atoms with Crippen molar-refractivity contribution >= 4 is 17.9 Å². The number of esters is 3. The van der Waals surface area contributed by atoms with E-state index in [4.69, 9.17) is 14.2 Å². The maximum Gasteiger partial charge on any atom is 0.313 e. The summed E-state index contributed by atoms with van der Waals surface area (Å²) in [5.41, 5.74) is 0. The third-order valence-electron chi connectivity index (χ3n) is 2.80. The number of rotatable bonds is 6. The van der Waals surface area contributed by atoms with E-state index in [1.54, 1.807) is 34.6 Å². The maximum absolute atomic E-state index is 11.8. The summed E-state index contributed by atoms with van der Waals surface area (Å²) in [5.74, 6) is -1.68. The lowest BCUT2D eigenvalue weighted by molar-refractivity contribution is -0.140. The van der Waals surface area contributed by atoms with Crippen LogP contribution in [0, 0.1) is 11.8 Å². The molecule has 6 heteroatoms. The lowest BCUT2D eigenvalue weighted by Gasteiger charge is -2.14. The van der Waals surface area contributed by atoms with E-state index in [-0.39, 0.29) is 35.5 Å². The third kappa shape index (κ3) is 5.73. The van der Waals surface area contributed by atoms with Crippen molar-refractivity contribution in [1.82, 2.24) is 0 Å². The Morgan fingerprint density at radius 2 is 1.39 bits per heavy atom. The molecule has 1 rings (SSSR count). The predicted octanol–water partition coefficient (Wildman–Crippen LogP) is 3.12. The number of ether oxygens (including phenoxy) is 3. The van der Waals surface area contributed by atoms with Gasteiger partial charge in [0.05, 0.1) is 11.8 Å². The molecule has 0 N–H and O–H groups in total. The van der Waals surface area contributed by atoms with Crippen LogP contribution < -0.4 is 14.2 Å². The highest BCUT2D eigenvalue weighted by atomic mass is 16.6. The Balaban J connectivity index is 3.09. The smallest absolute Gasteiger partial charge is 0.313 e. The van der Waals surface area contributed by atoms with Crippen LogP contribution in [0.5, 0.6) is 17.2 Å². The van der Waals surface area contributed by atoms with E-state index in [0.29, 0.717) is 0 Å². The van der Waals surface area contributed by atoms with Gasteiger partial charge in [0.2, 0.25) is 0 Å². The van der Waals surface area contributed by atoms with Crippen molar-refractivity contribution in [2.75, 3.05) is 0 Å². The highest BCUT2D eigenvalue weighted by Gasteiger charge is 2.19. The minimum atomic E-state index is -0.481. The second-order valence-corrected chi connectivity index (χ2v) is 5.59. The molecule has 126 valence electrons. The van der Waals surface area contributed by atoms with Crippen LogP contribution in [0.1, 0.15) is 41.0 Å². The molecule has 1 aromatic carbocycles. The molecule has 0 saturated heterocycles. The van der Waals surface area contributed by atoms with E-state index >= 15 is 0 Å². The largest absolute Gasteiger partial charge is 0.426 e. The normalized spacial score (nSPS) is 10.6. The lowest BCUT2D eigenvalue weighted by atomic mass is 10.2. The van der Waals surface area contributed by atoms with Crippen molar-refractivity contribution in [2.45, 2.75) is 41.0 Å². The first-order valence-corrected chi connectivity index (χ1v) is 7.52. The summed E-state index contributed by atoms with van der Waals surface area (Å²) in [6.07, 6.45) is 0.213. The van der Waals surface area contributed by atoms with E-state index in [0.717, 1.165) is 0 Å². The molecule has 0 amide bonds. The Morgan fingerprint density at radius 1 is 0.870 bits per heavy atom. The summed E-state index contributed by atoms with van der Waals surface area (Å²) >= 11 is 0. The second-order valence-electron chi connectivity index (χ2n) is 5.59. The molecular formula is C17H22O6. The lowest BCUT2D eigenvalue weighted by Crippen LogP contribution is -2.18. The van der Waals surface area contributed by atoms with Gasteiger partial charge in [0.1, 0.15) is 5.75 Å². The maximum atomic E-state index is 11.8. The van der Waals surface area contributed by atoms with Crippen LogP contribution in [0.25, 0.3) is 0 Å². The molecule has 0 unspecified atom stereocenters. The standard InChI is InChI=1S/C17H22O6/c1-6-15(18)21-12-7-8-13(22-16(19)10(2)3)14(9-12)23-17(20)11(4)5/h7-11H,6H2,1-5H3. The quantitative estimate of drug-likeness (QED) is 0.591. The van der Waals surface area contributed by atoms with Crippen LogP contribution in [-0.2, 0) is 14.4 Å². The Morgan fingerprint density at radius 3 is 1.87 bits per heavy atom. The van der Waals surface area contributed by atoms with Gasteiger partial charge >= 0.3 is 17.9 Å². The molecule has 1 aromatic rings. The van der Waals surface area contributed by atoms with E-state index in [9.17, 15) is 14.4 Å². The van der Waals surface area contributed by atoms with E-state index in [2.05, 4.69) is 0 Å². The third-order valence-corrected chi connectivity index (χ3v) is 2.80. The minimum Gasteiger partial charge on any atom is -0.426 e. The fourth-order valence-electron chi connectivity index (χ4n) is 1.37. The van der Waals surface area contributed by atoms with Crippen LogP contribution >= 0.6 is 0 Å². The van der Waals surface area contributed by atoms with Crippen molar-refractivity contribution < 1.29 is 28.6 Å². The van der Waals surface area contributed by atoms with Crippen LogP contribution in [0.3, 0.4) is 0 Å². The van der Waals surface area contributed by atoms with Gasteiger partial charge in [-0.2, -0.15) is 0 Å². The summed E-state index contributed by atoms with van der Waals surface area (Å²) in [6.45, 7) is 8.42. The molecule has 0 fully saturated rings.